The highest BCUT2D eigenvalue weighted by Gasteiger charge is 2.16. The van der Waals surface area contributed by atoms with Crippen LogP contribution in [0.2, 0.25) is 0 Å². The van der Waals surface area contributed by atoms with Crippen molar-refractivity contribution in [2.75, 3.05) is 19.7 Å². The van der Waals surface area contributed by atoms with E-state index in [1.54, 1.807) is 0 Å². The van der Waals surface area contributed by atoms with Gasteiger partial charge in [0.25, 0.3) is 0 Å². The Morgan fingerprint density at radius 2 is 2.21 bits per heavy atom. The average molecular weight is 262 g/mol. The van der Waals surface area contributed by atoms with Crippen LogP contribution in [0.5, 0.6) is 5.75 Å². The van der Waals surface area contributed by atoms with Crippen LogP contribution in [0.25, 0.3) is 0 Å². The van der Waals surface area contributed by atoms with Gasteiger partial charge in [0.15, 0.2) is 0 Å². The van der Waals surface area contributed by atoms with Crippen molar-refractivity contribution in [1.29, 1.82) is 0 Å². The van der Waals surface area contributed by atoms with Crippen molar-refractivity contribution in [3.63, 3.8) is 0 Å². The highest BCUT2D eigenvalue weighted by atomic mass is 16.5. The summed E-state index contributed by atoms with van der Waals surface area (Å²) in [5.41, 5.74) is 0. The molecule has 2 N–H and O–H groups in total. The first-order valence-corrected chi connectivity index (χ1v) is 7.02. The Morgan fingerprint density at radius 1 is 1.37 bits per heavy atom. The van der Waals surface area contributed by atoms with Crippen molar-refractivity contribution < 1.29 is 9.53 Å². The zero-order valence-corrected chi connectivity index (χ0v) is 11.2. The lowest BCUT2D eigenvalue weighted by atomic mass is 10.1. The molecule has 1 aromatic rings. The molecular formula is C15H22N2O2. The van der Waals surface area contributed by atoms with Crippen LogP contribution in [0.3, 0.4) is 0 Å². The van der Waals surface area contributed by atoms with Crippen LogP contribution in [0.15, 0.2) is 30.3 Å². The van der Waals surface area contributed by atoms with E-state index in [2.05, 4.69) is 10.6 Å². The standard InChI is InChI=1S/C15H22N2O2/c18-15(12-13-6-4-9-16-13)17-10-5-11-19-14-7-2-1-3-8-14/h1-3,7-8,13,16H,4-6,9-12H2,(H,17,18). The average Bonchev–Trinajstić information content (AvgIpc) is 2.92. The fourth-order valence-electron chi connectivity index (χ4n) is 2.23. The first-order chi connectivity index (χ1) is 9.34. The summed E-state index contributed by atoms with van der Waals surface area (Å²) >= 11 is 0. The van der Waals surface area contributed by atoms with Crippen molar-refractivity contribution in [2.45, 2.75) is 31.7 Å². The van der Waals surface area contributed by atoms with Crippen molar-refractivity contribution in [2.24, 2.45) is 0 Å². The third-order valence-corrected chi connectivity index (χ3v) is 3.25. The molecule has 1 fully saturated rings. The lowest BCUT2D eigenvalue weighted by molar-refractivity contribution is -0.121. The number of hydrogen-bond donors (Lipinski definition) is 2. The first-order valence-electron chi connectivity index (χ1n) is 7.02. The number of para-hydroxylation sites is 1. The molecular weight excluding hydrogens is 240 g/mol. The Hall–Kier alpha value is -1.55. The third-order valence-electron chi connectivity index (χ3n) is 3.25. The van der Waals surface area contributed by atoms with E-state index in [1.165, 1.54) is 6.42 Å². The minimum atomic E-state index is 0.138. The largest absolute Gasteiger partial charge is 0.494 e. The van der Waals surface area contributed by atoms with Gasteiger partial charge in [-0.2, -0.15) is 0 Å². The number of rotatable bonds is 7. The van der Waals surface area contributed by atoms with E-state index in [0.29, 0.717) is 25.6 Å². The molecule has 0 spiro atoms. The Labute approximate surface area is 114 Å². The van der Waals surface area contributed by atoms with Crippen molar-refractivity contribution in [1.82, 2.24) is 10.6 Å². The molecule has 1 heterocycles. The van der Waals surface area contributed by atoms with E-state index >= 15 is 0 Å². The van der Waals surface area contributed by atoms with Gasteiger partial charge in [-0.15, -0.1) is 0 Å². The Morgan fingerprint density at radius 3 is 2.95 bits per heavy atom. The van der Waals surface area contributed by atoms with Gasteiger partial charge in [0, 0.05) is 19.0 Å². The summed E-state index contributed by atoms with van der Waals surface area (Å²) in [6.45, 7) is 2.35. The second-order valence-corrected chi connectivity index (χ2v) is 4.86. The maximum Gasteiger partial charge on any atom is 0.221 e. The van der Waals surface area contributed by atoms with Crippen molar-refractivity contribution >= 4 is 5.91 Å². The summed E-state index contributed by atoms with van der Waals surface area (Å²) in [7, 11) is 0. The lowest BCUT2D eigenvalue weighted by Gasteiger charge is -2.10. The molecule has 2 rings (SSSR count). The summed E-state index contributed by atoms with van der Waals surface area (Å²) < 4.78 is 5.56. The summed E-state index contributed by atoms with van der Waals surface area (Å²) in [6.07, 6.45) is 3.73. The topological polar surface area (TPSA) is 50.4 Å². The predicted molar refractivity (Wildman–Crippen MR) is 75.2 cm³/mol. The van der Waals surface area contributed by atoms with E-state index in [0.717, 1.165) is 25.1 Å². The molecule has 4 heteroatoms. The van der Waals surface area contributed by atoms with E-state index in [1.807, 2.05) is 30.3 Å². The minimum Gasteiger partial charge on any atom is -0.494 e. The second-order valence-electron chi connectivity index (χ2n) is 4.86. The number of hydrogen-bond acceptors (Lipinski definition) is 3. The van der Waals surface area contributed by atoms with Gasteiger partial charge < -0.3 is 15.4 Å². The summed E-state index contributed by atoms with van der Waals surface area (Å²) in [5.74, 6) is 1.02. The molecule has 1 atom stereocenters. The molecule has 4 nitrogen and oxygen atoms in total. The van der Waals surface area contributed by atoms with Crippen LogP contribution in [-0.4, -0.2) is 31.6 Å². The molecule has 104 valence electrons. The molecule has 1 saturated heterocycles. The van der Waals surface area contributed by atoms with Crippen molar-refractivity contribution in [3.05, 3.63) is 30.3 Å². The van der Waals surface area contributed by atoms with Gasteiger partial charge in [0.2, 0.25) is 5.91 Å². The zero-order chi connectivity index (χ0) is 13.3. The molecule has 1 amide bonds. The number of benzene rings is 1. The zero-order valence-electron chi connectivity index (χ0n) is 11.2. The maximum absolute atomic E-state index is 11.6. The minimum absolute atomic E-state index is 0.138. The smallest absolute Gasteiger partial charge is 0.221 e. The molecule has 19 heavy (non-hydrogen) atoms. The van der Waals surface area contributed by atoms with Gasteiger partial charge in [-0.1, -0.05) is 18.2 Å². The molecule has 0 radical (unpaired) electrons. The molecule has 0 bridgehead atoms. The number of amides is 1. The van der Waals surface area contributed by atoms with E-state index in [-0.39, 0.29) is 5.91 Å². The van der Waals surface area contributed by atoms with E-state index in [4.69, 9.17) is 4.74 Å². The van der Waals surface area contributed by atoms with Gasteiger partial charge >= 0.3 is 0 Å². The lowest BCUT2D eigenvalue weighted by Crippen LogP contribution is -2.32. The second kappa shape index (κ2) is 7.79. The quantitative estimate of drug-likeness (QED) is 0.736. The maximum atomic E-state index is 11.6. The van der Waals surface area contributed by atoms with Gasteiger partial charge in [0.1, 0.15) is 5.75 Å². The predicted octanol–water partition coefficient (Wildman–Crippen LogP) is 1.71. The van der Waals surface area contributed by atoms with Crippen LogP contribution in [0, 0.1) is 0 Å². The summed E-state index contributed by atoms with van der Waals surface area (Å²) in [5, 5.41) is 6.26. The number of ether oxygens (including phenoxy) is 1. The van der Waals surface area contributed by atoms with Crippen LogP contribution < -0.4 is 15.4 Å². The normalized spacial score (nSPS) is 18.2. The van der Waals surface area contributed by atoms with Crippen molar-refractivity contribution in [3.8, 4) is 5.75 Å². The fraction of sp³-hybridized carbons (Fsp3) is 0.533. The Kier molecular flexibility index (Phi) is 5.69. The van der Waals surface area contributed by atoms with E-state index < -0.39 is 0 Å². The van der Waals surface area contributed by atoms with Crippen LogP contribution in [0.4, 0.5) is 0 Å². The first kappa shape index (κ1) is 13.9. The monoisotopic (exact) mass is 262 g/mol. The summed E-state index contributed by atoms with van der Waals surface area (Å²) in [4.78, 5) is 11.6. The molecule has 1 aliphatic rings. The third kappa shape index (κ3) is 5.30. The molecule has 0 aliphatic carbocycles. The summed E-state index contributed by atoms with van der Waals surface area (Å²) in [6, 6.07) is 10.1. The van der Waals surface area contributed by atoms with Gasteiger partial charge in [-0.25, -0.2) is 0 Å². The number of carbonyl (C=O) groups excluding carboxylic acids is 1. The van der Waals surface area contributed by atoms with Gasteiger partial charge in [0.05, 0.1) is 6.61 Å². The SMILES string of the molecule is O=C(CC1CCCN1)NCCCOc1ccccc1. The highest BCUT2D eigenvalue weighted by molar-refractivity contribution is 5.76. The molecule has 0 aromatic heterocycles. The van der Waals surface area contributed by atoms with Gasteiger partial charge in [-0.05, 0) is 37.9 Å². The Bertz CT molecular complexity index is 375. The van der Waals surface area contributed by atoms with E-state index in [9.17, 15) is 4.79 Å². The molecule has 1 aromatic carbocycles. The molecule has 1 unspecified atom stereocenters. The number of nitrogens with one attached hydrogen (secondary N) is 2. The molecule has 0 saturated carbocycles. The fourth-order valence-corrected chi connectivity index (χ4v) is 2.23. The molecule has 1 aliphatic heterocycles. The van der Waals surface area contributed by atoms with Crippen LogP contribution >= 0.6 is 0 Å². The Balaban J connectivity index is 1.50. The van der Waals surface area contributed by atoms with Gasteiger partial charge in [-0.3, -0.25) is 4.79 Å². The van der Waals surface area contributed by atoms with Crippen LogP contribution in [0.1, 0.15) is 25.7 Å². The highest BCUT2D eigenvalue weighted by Crippen LogP contribution is 2.09. The number of carbonyl (C=O) groups is 1. The van der Waals surface area contributed by atoms with Crippen LogP contribution in [-0.2, 0) is 4.79 Å².